The first-order valence-corrected chi connectivity index (χ1v) is 13.6. The van der Waals surface area contributed by atoms with Crippen LogP contribution in [0.25, 0.3) is 0 Å². The topological polar surface area (TPSA) is 149 Å². The van der Waals surface area contributed by atoms with Crippen LogP contribution in [0, 0.1) is 6.92 Å². The number of aromatic nitrogens is 3. The number of carbonyl (C=O) groups is 3. The Kier molecular flexibility index (Phi) is 15.3. The Bertz CT molecular complexity index is 1390. The molecule has 3 aromatic rings. The molecule has 262 valence electrons. The van der Waals surface area contributed by atoms with Crippen molar-refractivity contribution in [1.82, 2.24) is 24.3 Å². The molecule has 1 aliphatic rings. The van der Waals surface area contributed by atoms with Gasteiger partial charge in [0, 0.05) is 61.1 Å². The van der Waals surface area contributed by atoms with E-state index in [1.165, 1.54) is 21.1 Å². The van der Waals surface area contributed by atoms with Crippen LogP contribution in [0.3, 0.4) is 0 Å². The Balaban J connectivity index is 0.000000430. The van der Waals surface area contributed by atoms with Crippen molar-refractivity contribution in [1.29, 1.82) is 0 Å². The summed E-state index contributed by atoms with van der Waals surface area (Å²) in [7, 11) is 2.14. The van der Waals surface area contributed by atoms with Crippen molar-refractivity contribution in [2.45, 2.75) is 58.2 Å². The lowest BCUT2D eigenvalue weighted by Gasteiger charge is -2.26. The first-order valence-electron chi connectivity index (χ1n) is 12.8. The first kappa shape index (κ1) is 40.8. The first-order chi connectivity index (χ1) is 21.5. The van der Waals surface area contributed by atoms with Gasteiger partial charge in [-0.15, -0.1) is 11.3 Å². The molecule has 0 aromatic carbocycles. The molecular weight excluding hydrogens is 681 g/mol. The van der Waals surface area contributed by atoms with Crippen molar-refractivity contribution in [3.63, 3.8) is 0 Å². The van der Waals surface area contributed by atoms with Gasteiger partial charge < -0.3 is 19.9 Å². The Morgan fingerprint density at radius 3 is 1.83 bits per heavy atom. The Morgan fingerprint density at radius 1 is 0.872 bits per heavy atom. The van der Waals surface area contributed by atoms with Gasteiger partial charge in [-0.2, -0.15) is 39.5 Å². The van der Waals surface area contributed by atoms with Gasteiger partial charge in [0.05, 0.1) is 12.2 Å². The molecule has 4 rings (SSSR count). The monoisotopic (exact) mass is 709 g/mol. The molecular formula is C26H28F9N5O6S. The maximum atomic E-state index is 10.6. The largest absolute Gasteiger partial charge is 0.490 e. The van der Waals surface area contributed by atoms with Crippen LogP contribution in [0.2, 0.25) is 0 Å². The van der Waals surface area contributed by atoms with Crippen LogP contribution >= 0.6 is 11.3 Å². The highest BCUT2D eigenvalue weighted by molar-refractivity contribution is 7.11. The standard InChI is InChI=1S/C20H25N5S.3C2HF3O2/c1-16-5-6-19(26-16)14-24-8-9-25-13-18(22-20(25)15-24)12-23(2)11-17-4-3-7-21-10-17;3*3-2(4,5)1(6)7/h3-7,10,13H,8-9,11-12,14-15H2,1-2H3;3*(H,6,7). The molecule has 3 N–H and O–H groups in total. The Labute approximate surface area is 264 Å². The molecule has 47 heavy (non-hydrogen) atoms. The molecule has 1 aliphatic heterocycles. The molecule has 0 aliphatic carbocycles. The molecule has 0 atom stereocenters. The van der Waals surface area contributed by atoms with Crippen molar-refractivity contribution in [3.8, 4) is 0 Å². The minimum absolute atomic E-state index is 0.860. The minimum Gasteiger partial charge on any atom is -0.475 e. The summed E-state index contributed by atoms with van der Waals surface area (Å²) >= 11 is 1.90. The van der Waals surface area contributed by atoms with Crippen molar-refractivity contribution in [3.05, 3.63) is 69.7 Å². The van der Waals surface area contributed by atoms with E-state index in [-0.39, 0.29) is 0 Å². The molecule has 11 nitrogen and oxygen atoms in total. The lowest BCUT2D eigenvalue weighted by molar-refractivity contribution is -0.193. The van der Waals surface area contributed by atoms with Crippen molar-refractivity contribution < 1.29 is 69.2 Å². The average Bonchev–Trinajstić information content (AvgIpc) is 3.53. The predicted octanol–water partition coefficient (Wildman–Crippen LogP) is 5.20. The molecule has 0 radical (unpaired) electrons. The fraction of sp³-hybridized carbons (Fsp3) is 0.423. The molecule has 0 saturated heterocycles. The van der Waals surface area contributed by atoms with Gasteiger partial charge in [-0.05, 0) is 37.7 Å². The number of rotatable bonds is 6. The number of fused-ring (bicyclic) bond motifs is 1. The summed E-state index contributed by atoms with van der Waals surface area (Å²) in [5, 5.41) is 21.4. The molecule has 0 bridgehead atoms. The van der Waals surface area contributed by atoms with E-state index in [1.54, 1.807) is 0 Å². The average molecular weight is 710 g/mol. The molecule has 0 spiro atoms. The predicted molar refractivity (Wildman–Crippen MR) is 146 cm³/mol. The molecule has 0 fully saturated rings. The fourth-order valence-corrected chi connectivity index (χ4v) is 4.43. The highest BCUT2D eigenvalue weighted by atomic mass is 32.1. The number of aryl methyl sites for hydroxylation is 1. The third-order valence-electron chi connectivity index (χ3n) is 5.44. The normalized spacial score (nSPS) is 13.2. The summed E-state index contributed by atoms with van der Waals surface area (Å²) in [5.41, 5.74) is 2.39. The summed E-state index contributed by atoms with van der Waals surface area (Å²) in [4.78, 5) is 43.4. The summed E-state index contributed by atoms with van der Waals surface area (Å²) in [6.07, 6.45) is -9.28. The molecule has 21 heteroatoms. The number of aliphatic carboxylic acids is 3. The molecule has 0 amide bonds. The number of hydrogen-bond donors (Lipinski definition) is 3. The lowest BCUT2D eigenvalue weighted by Crippen LogP contribution is -2.32. The summed E-state index contributed by atoms with van der Waals surface area (Å²) in [6, 6.07) is 8.56. The smallest absolute Gasteiger partial charge is 0.475 e. The lowest BCUT2D eigenvalue weighted by atomic mass is 10.2. The van der Waals surface area contributed by atoms with Crippen LogP contribution in [0.1, 0.15) is 26.8 Å². The molecule has 0 unspecified atom stereocenters. The SMILES string of the molecule is Cc1ccc(CN2CCn3cc(CN(C)Cc4cccnc4)nc3C2)s1.O=C(O)C(F)(F)F.O=C(O)C(F)(F)F.O=C(O)C(F)(F)F. The minimum atomic E-state index is -5.08. The van der Waals surface area contributed by atoms with Gasteiger partial charge in [-0.1, -0.05) is 6.07 Å². The quantitative estimate of drug-likeness (QED) is 0.292. The summed E-state index contributed by atoms with van der Waals surface area (Å²) in [6.45, 7) is 8.00. The molecule has 4 heterocycles. The van der Waals surface area contributed by atoms with Gasteiger partial charge in [0.25, 0.3) is 0 Å². The Morgan fingerprint density at radius 2 is 1.40 bits per heavy atom. The maximum absolute atomic E-state index is 10.6. The van der Waals surface area contributed by atoms with E-state index >= 15 is 0 Å². The summed E-state index contributed by atoms with van der Waals surface area (Å²) in [5.74, 6) is -7.08. The molecule has 0 saturated carbocycles. The Hall–Kier alpha value is -4.24. The van der Waals surface area contributed by atoms with Crippen LogP contribution in [0.15, 0.2) is 42.9 Å². The van der Waals surface area contributed by atoms with Gasteiger partial charge in [-0.25, -0.2) is 19.4 Å². The van der Waals surface area contributed by atoms with Crippen molar-refractivity contribution in [2.24, 2.45) is 0 Å². The fourth-order valence-electron chi connectivity index (χ4n) is 3.50. The van der Waals surface area contributed by atoms with Crippen molar-refractivity contribution in [2.75, 3.05) is 13.6 Å². The van der Waals surface area contributed by atoms with Gasteiger partial charge in [0.2, 0.25) is 0 Å². The van der Waals surface area contributed by atoms with E-state index in [0.29, 0.717) is 0 Å². The van der Waals surface area contributed by atoms with Crippen LogP contribution in [-0.2, 0) is 47.1 Å². The van der Waals surface area contributed by atoms with E-state index in [9.17, 15) is 39.5 Å². The van der Waals surface area contributed by atoms with Gasteiger partial charge in [0.1, 0.15) is 5.82 Å². The zero-order chi connectivity index (χ0) is 36.2. The van der Waals surface area contributed by atoms with E-state index in [2.05, 4.69) is 57.7 Å². The van der Waals surface area contributed by atoms with Crippen molar-refractivity contribution >= 4 is 29.2 Å². The summed E-state index contributed by atoms with van der Waals surface area (Å²) < 4.78 is 97.5. The van der Waals surface area contributed by atoms with Crippen LogP contribution in [0.5, 0.6) is 0 Å². The molecule has 3 aromatic heterocycles. The number of hydrogen-bond acceptors (Lipinski definition) is 8. The van der Waals surface area contributed by atoms with E-state index in [4.69, 9.17) is 34.7 Å². The number of carboxylic acid groups (broad SMARTS) is 3. The van der Waals surface area contributed by atoms with Gasteiger partial charge in [0.15, 0.2) is 0 Å². The third kappa shape index (κ3) is 16.2. The van der Waals surface area contributed by atoms with Crippen LogP contribution in [0.4, 0.5) is 39.5 Å². The second-order valence-electron chi connectivity index (χ2n) is 9.51. The zero-order valence-electron chi connectivity index (χ0n) is 24.4. The number of pyridine rings is 1. The number of halogens is 9. The highest BCUT2D eigenvalue weighted by Gasteiger charge is 2.39. The van der Waals surface area contributed by atoms with E-state index in [0.717, 1.165) is 45.0 Å². The number of thiophene rings is 1. The van der Waals surface area contributed by atoms with Crippen LogP contribution in [-0.4, -0.2) is 89.7 Å². The number of nitrogens with zero attached hydrogens (tertiary/aromatic N) is 5. The second kappa shape index (κ2) is 17.6. The number of alkyl halides is 9. The van der Waals surface area contributed by atoms with E-state index < -0.39 is 36.4 Å². The zero-order valence-corrected chi connectivity index (χ0v) is 25.2. The second-order valence-corrected chi connectivity index (χ2v) is 10.9. The highest BCUT2D eigenvalue weighted by Crippen LogP contribution is 2.21. The van der Waals surface area contributed by atoms with E-state index in [1.807, 2.05) is 29.8 Å². The maximum Gasteiger partial charge on any atom is 0.490 e. The number of carboxylic acids is 3. The van der Waals surface area contributed by atoms with Gasteiger partial charge >= 0.3 is 36.4 Å². The van der Waals surface area contributed by atoms with Gasteiger partial charge in [-0.3, -0.25) is 14.8 Å². The van der Waals surface area contributed by atoms with Crippen LogP contribution < -0.4 is 0 Å². The third-order valence-corrected chi connectivity index (χ3v) is 6.43. The number of imidazole rings is 1.